The summed E-state index contributed by atoms with van der Waals surface area (Å²) in [4.78, 5) is 0.611. The van der Waals surface area contributed by atoms with Crippen LogP contribution in [0.4, 0.5) is 11.4 Å². The molecule has 0 saturated heterocycles. The lowest BCUT2D eigenvalue weighted by Crippen LogP contribution is -2.14. The SMILES string of the molecule is CSc1ccccc1NS(=O)(=O)c1c(Cl)cc(N)cc1Cl. The van der Waals surface area contributed by atoms with Crippen molar-refractivity contribution in [3.63, 3.8) is 0 Å². The monoisotopic (exact) mass is 362 g/mol. The Morgan fingerprint density at radius 2 is 1.71 bits per heavy atom. The van der Waals surface area contributed by atoms with E-state index in [2.05, 4.69) is 4.72 Å². The molecule has 0 spiro atoms. The van der Waals surface area contributed by atoms with Crippen LogP contribution in [-0.4, -0.2) is 14.7 Å². The number of thioether (sulfide) groups is 1. The minimum atomic E-state index is -3.91. The standard InChI is InChI=1S/C13H12Cl2N2O2S2/c1-20-12-5-3-2-4-11(12)17-21(18,19)13-9(14)6-8(16)7-10(13)15/h2-7,17H,16H2,1H3. The fourth-order valence-corrected chi connectivity index (χ4v) is 4.69. The van der Waals surface area contributed by atoms with Crippen LogP contribution in [0.25, 0.3) is 0 Å². The molecule has 0 aliphatic carbocycles. The highest BCUT2D eigenvalue weighted by Crippen LogP contribution is 2.34. The molecule has 0 unspecified atom stereocenters. The highest BCUT2D eigenvalue weighted by Gasteiger charge is 2.23. The number of para-hydroxylation sites is 1. The molecule has 0 radical (unpaired) electrons. The van der Waals surface area contributed by atoms with E-state index in [0.29, 0.717) is 11.4 Å². The van der Waals surface area contributed by atoms with Gasteiger partial charge in [-0.05, 0) is 30.5 Å². The van der Waals surface area contributed by atoms with Crippen molar-refractivity contribution in [2.45, 2.75) is 9.79 Å². The van der Waals surface area contributed by atoms with Gasteiger partial charge in [0.2, 0.25) is 0 Å². The molecular weight excluding hydrogens is 351 g/mol. The van der Waals surface area contributed by atoms with Crippen LogP contribution in [0.2, 0.25) is 10.0 Å². The average molecular weight is 363 g/mol. The second-order valence-electron chi connectivity index (χ2n) is 4.12. The summed E-state index contributed by atoms with van der Waals surface area (Å²) in [6, 6.07) is 9.75. The first-order valence-corrected chi connectivity index (χ1v) is 9.22. The molecule has 0 saturated carbocycles. The molecule has 0 aliphatic heterocycles. The van der Waals surface area contributed by atoms with Crippen LogP contribution in [0.15, 0.2) is 46.2 Å². The van der Waals surface area contributed by atoms with Crippen LogP contribution in [0.5, 0.6) is 0 Å². The third kappa shape index (κ3) is 3.58. The van der Waals surface area contributed by atoms with Crippen LogP contribution < -0.4 is 10.5 Å². The molecule has 2 aromatic carbocycles. The first-order chi connectivity index (χ1) is 9.85. The van der Waals surface area contributed by atoms with Gasteiger partial charge in [0.1, 0.15) is 4.90 Å². The zero-order valence-electron chi connectivity index (χ0n) is 10.9. The number of rotatable bonds is 4. The molecule has 2 aromatic rings. The highest BCUT2D eigenvalue weighted by atomic mass is 35.5. The molecule has 112 valence electrons. The van der Waals surface area contributed by atoms with Crippen molar-refractivity contribution in [2.75, 3.05) is 16.7 Å². The molecule has 21 heavy (non-hydrogen) atoms. The molecule has 8 heteroatoms. The quantitative estimate of drug-likeness (QED) is 0.634. The van der Waals surface area contributed by atoms with E-state index in [-0.39, 0.29) is 14.9 Å². The molecule has 0 amide bonds. The Hall–Kier alpha value is -1.08. The average Bonchev–Trinajstić information content (AvgIpc) is 2.37. The van der Waals surface area contributed by atoms with Crippen molar-refractivity contribution < 1.29 is 8.42 Å². The second kappa shape index (κ2) is 6.36. The lowest BCUT2D eigenvalue weighted by atomic mass is 10.3. The number of halogens is 2. The maximum absolute atomic E-state index is 12.5. The van der Waals surface area contributed by atoms with Gasteiger partial charge in [0.05, 0.1) is 15.7 Å². The summed E-state index contributed by atoms with van der Waals surface area (Å²) in [7, 11) is -3.91. The van der Waals surface area contributed by atoms with Gasteiger partial charge in [-0.25, -0.2) is 8.42 Å². The lowest BCUT2D eigenvalue weighted by Gasteiger charge is -2.13. The molecule has 3 N–H and O–H groups in total. The fraction of sp³-hybridized carbons (Fsp3) is 0.0769. The van der Waals surface area contributed by atoms with E-state index in [9.17, 15) is 8.42 Å². The Bertz CT molecular complexity index is 756. The minimum absolute atomic E-state index is 0.0193. The van der Waals surface area contributed by atoms with Crippen molar-refractivity contribution in [3.05, 3.63) is 46.4 Å². The van der Waals surface area contributed by atoms with Gasteiger partial charge in [-0.15, -0.1) is 11.8 Å². The summed E-state index contributed by atoms with van der Waals surface area (Å²) in [6.07, 6.45) is 1.86. The molecule has 0 aliphatic rings. The van der Waals surface area contributed by atoms with Crippen molar-refractivity contribution in [1.82, 2.24) is 0 Å². The Labute approximate surface area is 137 Å². The second-order valence-corrected chi connectivity index (χ2v) is 7.40. The molecule has 0 heterocycles. The largest absolute Gasteiger partial charge is 0.399 e. The van der Waals surface area contributed by atoms with E-state index in [0.717, 1.165) is 4.90 Å². The lowest BCUT2D eigenvalue weighted by molar-refractivity contribution is 0.601. The van der Waals surface area contributed by atoms with Crippen LogP contribution in [0, 0.1) is 0 Å². The third-order valence-corrected chi connectivity index (χ3v) is 5.72. The van der Waals surface area contributed by atoms with Gasteiger partial charge in [0, 0.05) is 10.6 Å². The number of nitrogens with one attached hydrogen (secondary N) is 1. The van der Waals surface area contributed by atoms with Crippen molar-refractivity contribution >= 4 is 56.4 Å². The van der Waals surface area contributed by atoms with Gasteiger partial charge in [-0.1, -0.05) is 35.3 Å². The molecule has 4 nitrogen and oxygen atoms in total. The number of hydrogen-bond donors (Lipinski definition) is 2. The van der Waals surface area contributed by atoms with E-state index < -0.39 is 10.0 Å². The number of sulfonamides is 1. The summed E-state index contributed by atoms with van der Waals surface area (Å²) < 4.78 is 27.5. The third-order valence-electron chi connectivity index (χ3n) is 2.64. The maximum atomic E-state index is 12.5. The predicted octanol–water partition coefficient (Wildman–Crippen LogP) is 4.10. The zero-order valence-corrected chi connectivity index (χ0v) is 14.1. The Balaban J connectivity index is 2.49. The van der Waals surface area contributed by atoms with Gasteiger partial charge in [0.15, 0.2) is 0 Å². The Morgan fingerprint density at radius 1 is 1.14 bits per heavy atom. The Morgan fingerprint density at radius 3 is 2.29 bits per heavy atom. The summed E-state index contributed by atoms with van der Waals surface area (Å²) in [5.74, 6) is 0. The zero-order chi connectivity index (χ0) is 15.6. The number of benzene rings is 2. The fourth-order valence-electron chi connectivity index (χ4n) is 1.76. The van der Waals surface area contributed by atoms with Crippen LogP contribution in [0.1, 0.15) is 0 Å². The molecule has 2 rings (SSSR count). The van der Waals surface area contributed by atoms with Crippen molar-refractivity contribution in [3.8, 4) is 0 Å². The number of anilines is 2. The number of nitrogen functional groups attached to an aromatic ring is 1. The van der Waals surface area contributed by atoms with Crippen molar-refractivity contribution in [2.24, 2.45) is 0 Å². The van der Waals surface area contributed by atoms with E-state index in [1.165, 1.54) is 23.9 Å². The highest BCUT2D eigenvalue weighted by molar-refractivity contribution is 7.99. The van der Waals surface area contributed by atoms with Crippen LogP contribution >= 0.6 is 35.0 Å². The molecular formula is C13H12Cl2N2O2S2. The molecule has 0 atom stereocenters. The number of nitrogens with two attached hydrogens (primary N) is 1. The molecule has 0 fully saturated rings. The van der Waals surface area contributed by atoms with Gasteiger partial charge in [-0.3, -0.25) is 4.72 Å². The molecule has 0 aromatic heterocycles. The topological polar surface area (TPSA) is 72.2 Å². The van der Waals surface area contributed by atoms with E-state index in [1.807, 2.05) is 18.4 Å². The van der Waals surface area contributed by atoms with Crippen LogP contribution in [0.3, 0.4) is 0 Å². The summed E-state index contributed by atoms with van der Waals surface area (Å²) in [6.45, 7) is 0. The van der Waals surface area contributed by atoms with E-state index in [4.69, 9.17) is 28.9 Å². The van der Waals surface area contributed by atoms with Crippen molar-refractivity contribution in [1.29, 1.82) is 0 Å². The smallest absolute Gasteiger partial charge is 0.264 e. The minimum Gasteiger partial charge on any atom is -0.399 e. The first kappa shape index (κ1) is 16.3. The van der Waals surface area contributed by atoms with E-state index >= 15 is 0 Å². The van der Waals surface area contributed by atoms with E-state index in [1.54, 1.807) is 12.1 Å². The van der Waals surface area contributed by atoms with Gasteiger partial charge < -0.3 is 5.73 Å². The predicted molar refractivity (Wildman–Crippen MR) is 89.9 cm³/mol. The Kier molecular flexibility index (Phi) is 4.93. The first-order valence-electron chi connectivity index (χ1n) is 5.75. The summed E-state index contributed by atoms with van der Waals surface area (Å²) >= 11 is 13.4. The van der Waals surface area contributed by atoms with Gasteiger partial charge in [0.25, 0.3) is 10.0 Å². The van der Waals surface area contributed by atoms with Gasteiger partial charge in [-0.2, -0.15) is 0 Å². The summed E-state index contributed by atoms with van der Waals surface area (Å²) in [5.41, 5.74) is 6.35. The van der Waals surface area contributed by atoms with Crippen LogP contribution in [-0.2, 0) is 10.0 Å². The number of hydrogen-bond acceptors (Lipinski definition) is 4. The summed E-state index contributed by atoms with van der Waals surface area (Å²) in [5, 5.41) is -0.0386. The normalized spacial score (nSPS) is 11.4. The maximum Gasteiger partial charge on any atom is 0.264 e. The molecule has 0 bridgehead atoms. The van der Waals surface area contributed by atoms with Gasteiger partial charge >= 0.3 is 0 Å².